The average Bonchev–Trinajstić information content (AvgIpc) is 2.43. The van der Waals surface area contributed by atoms with Gasteiger partial charge in [0.2, 0.25) is 0 Å². The molecule has 0 aliphatic rings. The Labute approximate surface area is 128 Å². The monoisotopic (exact) mass is 306 g/mol. The van der Waals surface area contributed by atoms with E-state index in [1.807, 2.05) is 38.1 Å². The van der Waals surface area contributed by atoms with E-state index in [0.29, 0.717) is 0 Å². The summed E-state index contributed by atoms with van der Waals surface area (Å²) in [6, 6.07) is 11.6. The number of rotatable bonds is 3. The highest BCUT2D eigenvalue weighted by Crippen LogP contribution is 2.18. The van der Waals surface area contributed by atoms with Crippen molar-refractivity contribution in [2.24, 2.45) is 0 Å². The molecule has 1 atom stereocenters. The van der Waals surface area contributed by atoms with E-state index in [9.17, 15) is 8.78 Å². The number of thiocarbonyl (C=S) groups is 1. The summed E-state index contributed by atoms with van der Waals surface area (Å²) < 4.78 is 27.1. The van der Waals surface area contributed by atoms with Gasteiger partial charge in [-0.25, -0.2) is 8.78 Å². The molecular formula is C16H16F2N2S. The molecule has 21 heavy (non-hydrogen) atoms. The summed E-state index contributed by atoms with van der Waals surface area (Å²) in [6.45, 7) is 3.94. The molecule has 5 heteroatoms. The van der Waals surface area contributed by atoms with E-state index < -0.39 is 11.6 Å². The summed E-state index contributed by atoms with van der Waals surface area (Å²) >= 11 is 5.10. The normalized spacial score (nSPS) is 11.8. The molecule has 2 nitrogen and oxygen atoms in total. The zero-order chi connectivity index (χ0) is 15.4. The van der Waals surface area contributed by atoms with Crippen LogP contribution in [0.25, 0.3) is 0 Å². The Hall–Kier alpha value is -2.01. The molecule has 0 saturated carbocycles. The van der Waals surface area contributed by atoms with Gasteiger partial charge in [-0.3, -0.25) is 0 Å². The lowest BCUT2D eigenvalue weighted by atomic mass is 10.1. The first kappa shape index (κ1) is 15.4. The standard InChI is InChI=1S/C16H16F2N2S/c1-10-6-8-12(9-7-10)11(2)19-16(21)20-15-13(17)4-3-5-14(15)18/h3-9,11H,1-2H3,(H2,19,20,21)/t11-/m1/s1. The number of hydrogen-bond acceptors (Lipinski definition) is 1. The van der Waals surface area contributed by atoms with Gasteiger partial charge in [0.15, 0.2) is 5.11 Å². The number of aryl methyl sites for hydroxylation is 1. The number of nitrogens with one attached hydrogen (secondary N) is 2. The third-order valence-electron chi connectivity index (χ3n) is 3.13. The molecule has 0 amide bonds. The Morgan fingerprint density at radius 2 is 1.62 bits per heavy atom. The van der Waals surface area contributed by atoms with E-state index in [1.165, 1.54) is 23.8 Å². The topological polar surface area (TPSA) is 24.1 Å². The van der Waals surface area contributed by atoms with Gasteiger partial charge in [0, 0.05) is 0 Å². The van der Waals surface area contributed by atoms with Crippen molar-refractivity contribution in [3.8, 4) is 0 Å². The number of hydrogen-bond donors (Lipinski definition) is 2. The van der Waals surface area contributed by atoms with E-state index in [-0.39, 0.29) is 16.8 Å². The minimum atomic E-state index is -0.679. The zero-order valence-electron chi connectivity index (χ0n) is 11.8. The molecule has 0 fully saturated rings. The van der Waals surface area contributed by atoms with E-state index >= 15 is 0 Å². The van der Waals surface area contributed by atoms with Crippen LogP contribution in [0.15, 0.2) is 42.5 Å². The highest BCUT2D eigenvalue weighted by Gasteiger charge is 2.12. The molecule has 2 rings (SSSR count). The van der Waals surface area contributed by atoms with E-state index in [4.69, 9.17) is 12.2 Å². The fraction of sp³-hybridized carbons (Fsp3) is 0.188. The van der Waals surface area contributed by atoms with Gasteiger partial charge in [-0.15, -0.1) is 0 Å². The summed E-state index contributed by atoms with van der Waals surface area (Å²) in [5.41, 5.74) is 1.96. The number of benzene rings is 2. The average molecular weight is 306 g/mol. The predicted molar refractivity (Wildman–Crippen MR) is 85.3 cm³/mol. The summed E-state index contributed by atoms with van der Waals surface area (Å²) in [4.78, 5) is 0. The highest BCUT2D eigenvalue weighted by molar-refractivity contribution is 7.80. The summed E-state index contributed by atoms with van der Waals surface area (Å²) in [7, 11) is 0. The minimum absolute atomic E-state index is 0.0690. The molecule has 0 radical (unpaired) electrons. The van der Waals surface area contributed by atoms with Crippen LogP contribution in [0.2, 0.25) is 0 Å². The second-order valence-electron chi connectivity index (χ2n) is 4.83. The number of halogens is 2. The maximum absolute atomic E-state index is 13.5. The van der Waals surface area contributed by atoms with Crippen molar-refractivity contribution in [3.05, 3.63) is 65.2 Å². The smallest absolute Gasteiger partial charge is 0.171 e. The molecule has 110 valence electrons. The van der Waals surface area contributed by atoms with Crippen LogP contribution in [0.3, 0.4) is 0 Å². The lowest BCUT2D eigenvalue weighted by Gasteiger charge is -2.18. The zero-order valence-corrected chi connectivity index (χ0v) is 12.6. The van der Waals surface area contributed by atoms with Gasteiger partial charge in [0.25, 0.3) is 0 Å². The van der Waals surface area contributed by atoms with Crippen molar-refractivity contribution >= 4 is 23.0 Å². The molecule has 2 aromatic rings. The third kappa shape index (κ3) is 3.98. The summed E-state index contributed by atoms with van der Waals surface area (Å²) in [6.07, 6.45) is 0. The second kappa shape index (κ2) is 6.63. The van der Waals surface area contributed by atoms with Crippen LogP contribution in [0.5, 0.6) is 0 Å². The van der Waals surface area contributed by atoms with Crippen LogP contribution in [0.1, 0.15) is 24.1 Å². The fourth-order valence-corrected chi connectivity index (χ4v) is 2.18. The first-order valence-electron chi connectivity index (χ1n) is 6.55. The van der Waals surface area contributed by atoms with Gasteiger partial charge in [0.05, 0.1) is 6.04 Å². The Bertz CT molecular complexity index is 621. The Morgan fingerprint density at radius 1 is 1.05 bits per heavy atom. The molecule has 0 unspecified atom stereocenters. The Balaban J connectivity index is 2.03. The second-order valence-corrected chi connectivity index (χ2v) is 5.24. The van der Waals surface area contributed by atoms with Crippen LogP contribution in [0.4, 0.5) is 14.5 Å². The number of anilines is 1. The minimum Gasteiger partial charge on any atom is -0.356 e. The first-order chi connectivity index (χ1) is 9.97. The van der Waals surface area contributed by atoms with Crippen LogP contribution < -0.4 is 10.6 Å². The maximum atomic E-state index is 13.5. The van der Waals surface area contributed by atoms with Gasteiger partial charge >= 0.3 is 0 Å². The molecule has 2 N–H and O–H groups in total. The largest absolute Gasteiger partial charge is 0.356 e. The molecule has 0 aliphatic heterocycles. The molecule has 0 aliphatic carbocycles. The molecule has 0 bridgehead atoms. The van der Waals surface area contributed by atoms with Crippen LogP contribution in [-0.2, 0) is 0 Å². The predicted octanol–water partition coefficient (Wildman–Crippen LogP) is 4.32. The fourth-order valence-electron chi connectivity index (χ4n) is 1.90. The van der Waals surface area contributed by atoms with Crippen molar-refractivity contribution in [1.82, 2.24) is 5.32 Å². The molecule has 2 aromatic carbocycles. The van der Waals surface area contributed by atoms with Crippen molar-refractivity contribution < 1.29 is 8.78 Å². The van der Waals surface area contributed by atoms with Gasteiger partial charge in [0.1, 0.15) is 17.3 Å². The molecule has 0 spiro atoms. The lowest BCUT2D eigenvalue weighted by Crippen LogP contribution is -2.31. The van der Waals surface area contributed by atoms with Crippen LogP contribution in [0, 0.1) is 18.6 Å². The molecular weight excluding hydrogens is 290 g/mol. The third-order valence-corrected chi connectivity index (χ3v) is 3.35. The van der Waals surface area contributed by atoms with E-state index in [2.05, 4.69) is 10.6 Å². The van der Waals surface area contributed by atoms with Crippen LogP contribution >= 0.6 is 12.2 Å². The maximum Gasteiger partial charge on any atom is 0.171 e. The Kier molecular flexibility index (Phi) is 4.85. The van der Waals surface area contributed by atoms with E-state index in [1.54, 1.807) is 0 Å². The summed E-state index contributed by atoms with van der Waals surface area (Å²) in [5, 5.41) is 5.74. The van der Waals surface area contributed by atoms with Gasteiger partial charge in [-0.05, 0) is 43.8 Å². The summed E-state index contributed by atoms with van der Waals surface area (Å²) in [5.74, 6) is -1.36. The van der Waals surface area contributed by atoms with Gasteiger partial charge in [-0.1, -0.05) is 35.9 Å². The highest BCUT2D eigenvalue weighted by atomic mass is 32.1. The van der Waals surface area contributed by atoms with Crippen molar-refractivity contribution in [2.75, 3.05) is 5.32 Å². The van der Waals surface area contributed by atoms with Crippen molar-refractivity contribution in [2.45, 2.75) is 19.9 Å². The van der Waals surface area contributed by atoms with Crippen molar-refractivity contribution in [3.63, 3.8) is 0 Å². The quantitative estimate of drug-likeness (QED) is 0.826. The SMILES string of the molecule is Cc1ccc([C@@H](C)NC(=S)Nc2c(F)cccc2F)cc1. The molecule has 0 saturated heterocycles. The lowest BCUT2D eigenvalue weighted by molar-refractivity contribution is 0.590. The van der Waals surface area contributed by atoms with Gasteiger partial charge < -0.3 is 10.6 Å². The van der Waals surface area contributed by atoms with Gasteiger partial charge in [-0.2, -0.15) is 0 Å². The molecule has 0 aromatic heterocycles. The number of para-hydroxylation sites is 1. The first-order valence-corrected chi connectivity index (χ1v) is 6.96. The van der Waals surface area contributed by atoms with E-state index in [0.717, 1.165) is 5.56 Å². The van der Waals surface area contributed by atoms with Crippen molar-refractivity contribution in [1.29, 1.82) is 0 Å². The Morgan fingerprint density at radius 3 is 2.19 bits per heavy atom. The molecule has 0 heterocycles. The van der Waals surface area contributed by atoms with Crippen LogP contribution in [-0.4, -0.2) is 5.11 Å².